The number of rotatable bonds is 4. The van der Waals surface area contributed by atoms with Crippen molar-refractivity contribution in [2.24, 2.45) is 5.92 Å². The first-order chi connectivity index (χ1) is 11.3. The van der Waals surface area contributed by atoms with Gasteiger partial charge in [0.15, 0.2) is 0 Å². The fraction of sp³-hybridized carbons (Fsp3) is 0.647. The van der Waals surface area contributed by atoms with Crippen molar-refractivity contribution in [1.82, 2.24) is 9.97 Å². The summed E-state index contributed by atoms with van der Waals surface area (Å²) in [6, 6.07) is 2.21. The molecule has 2 aliphatic heterocycles. The minimum absolute atomic E-state index is 0.383. The summed E-state index contributed by atoms with van der Waals surface area (Å²) in [7, 11) is 0. The van der Waals surface area contributed by atoms with Crippen molar-refractivity contribution in [3.8, 4) is 0 Å². The normalized spacial score (nSPS) is 23.0. The highest BCUT2D eigenvalue weighted by Crippen LogP contribution is 2.31. The molecule has 2 aliphatic rings. The van der Waals surface area contributed by atoms with Gasteiger partial charge in [-0.3, -0.25) is 0 Å². The van der Waals surface area contributed by atoms with Gasteiger partial charge in [-0.2, -0.15) is 0 Å². The van der Waals surface area contributed by atoms with E-state index in [-0.39, 0.29) is 0 Å². The summed E-state index contributed by atoms with van der Waals surface area (Å²) in [6.07, 6.45) is 5.36. The van der Waals surface area contributed by atoms with Crippen molar-refractivity contribution in [3.05, 3.63) is 17.3 Å². The van der Waals surface area contributed by atoms with Crippen molar-refractivity contribution in [2.45, 2.75) is 32.3 Å². The van der Waals surface area contributed by atoms with Crippen LogP contribution in [-0.4, -0.2) is 49.0 Å². The lowest BCUT2D eigenvalue weighted by atomic mass is 10.1. The Hall–Kier alpha value is -1.24. The van der Waals surface area contributed by atoms with Crippen molar-refractivity contribution in [2.75, 3.05) is 37.8 Å². The van der Waals surface area contributed by atoms with Gasteiger partial charge in [0, 0.05) is 30.5 Å². The molecule has 2 aromatic rings. The van der Waals surface area contributed by atoms with Crippen LogP contribution in [0.5, 0.6) is 0 Å². The van der Waals surface area contributed by atoms with Crippen LogP contribution in [-0.2, 0) is 9.47 Å². The molecular formula is C17H23N3O2S. The molecule has 4 heterocycles. The summed E-state index contributed by atoms with van der Waals surface area (Å²) in [5, 5.41) is 1.19. The lowest BCUT2D eigenvalue weighted by Gasteiger charge is -2.33. The zero-order valence-corrected chi connectivity index (χ0v) is 14.3. The van der Waals surface area contributed by atoms with E-state index in [4.69, 9.17) is 9.47 Å². The van der Waals surface area contributed by atoms with Crippen molar-refractivity contribution in [1.29, 1.82) is 0 Å². The van der Waals surface area contributed by atoms with Gasteiger partial charge in [-0.1, -0.05) is 0 Å². The molecule has 0 amide bonds. The number of ether oxygens (including phenoxy) is 2. The Morgan fingerprint density at radius 2 is 2.17 bits per heavy atom. The van der Waals surface area contributed by atoms with Gasteiger partial charge in [0.25, 0.3) is 0 Å². The largest absolute Gasteiger partial charge is 0.381 e. The standard InChI is InChI=1S/C17H23N3O2S/c1-12-8-15-16(18-11-19-17(15)23-12)20-5-2-14(3-6-20)22-10-13-4-7-21-9-13/h8,11,13-14H,2-7,9-10H2,1H3. The van der Waals surface area contributed by atoms with Crippen molar-refractivity contribution >= 4 is 27.4 Å². The van der Waals surface area contributed by atoms with Crippen LogP contribution < -0.4 is 4.90 Å². The maximum Gasteiger partial charge on any atom is 0.140 e. The van der Waals surface area contributed by atoms with Crippen LogP contribution in [0.2, 0.25) is 0 Å². The maximum absolute atomic E-state index is 6.11. The third-order valence-corrected chi connectivity index (χ3v) is 5.72. The highest BCUT2D eigenvalue weighted by Gasteiger charge is 2.24. The Kier molecular flexibility index (Phi) is 4.46. The SMILES string of the molecule is Cc1cc2c(N3CCC(OCC4CCOC4)CC3)ncnc2s1. The highest BCUT2D eigenvalue weighted by molar-refractivity contribution is 7.18. The number of thiophene rings is 1. The van der Waals surface area contributed by atoms with Crippen LogP contribution in [0, 0.1) is 12.8 Å². The van der Waals surface area contributed by atoms with Gasteiger partial charge in [-0.15, -0.1) is 11.3 Å². The average Bonchev–Trinajstić information content (AvgIpc) is 3.21. The number of hydrogen-bond donors (Lipinski definition) is 0. The van der Waals surface area contributed by atoms with Gasteiger partial charge in [0.1, 0.15) is 17.0 Å². The maximum atomic E-state index is 6.11. The molecule has 23 heavy (non-hydrogen) atoms. The highest BCUT2D eigenvalue weighted by atomic mass is 32.1. The monoisotopic (exact) mass is 333 g/mol. The fourth-order valence-corrected chi connectivity index (χ4v) is 4.28. The van der Waals surface area contributed by atoms with E-state index in [1.807, 2.05) is 0 Å². The molecule has 4 rings (SSSR count). The van der Waals surface area contributed by atoms with E-state index in [0.717, 1.165) is 62.8 Å². The van der Waals surface area contributed by atoms with E-state index in [0.29, 0.717) is 12.0 Å². The van der Waals surface area contributed by atoms with Crippen molar-refractivity contribution in [3.63, 3.8) is 0 Å². The van der Waals surface area contributed by atoms with Gasteiger partial charge in [0.05, 0.1) is 24.7 Å². The van der Waals surface area contributed by atoms with Gasteiger partial charge in [0.2, 0.25) is 0 Å². The molecule has 124 valence electrons. The van der Waals surface area contributed by atoms with Crippen LogP contribution in [0.4, 0.5) is 5.82 Å². The van der Waals surface area contributed by atoms with Gasteiger partial charge in [-0.25, -0.2) is 9.97 Å². The Balaban J connectivity index is 1.36. The molecule has 0 spiro atoms. The molecule has 0 radical (unpaired) electrons. The number of hydrogen-bond acceptors (Lipinski definition) is 6. The Labute approximate surface area is 140 Å². The van der Waals surface area contributed by atoms with Crippen LogP contribution in [0.3, 0.4) is 0 Å². The van der Waals surface area contributed by atoms with Crippen molar-refractivity contribution < 1.29 is 9.47 Å². The predicted octanol–water partition coefficient (Wildman–Crippen LogP) is 3.02. The third kappa shape index (κ3) is 3.34. The summed E-state index contributed by atoms with van der Waals surface area (Å²) < 4.78 is 11.5. The molecule has 5 nitrogen and oxygen atoms in total. The number of fused-ring (bicyclic) bond motifs is 1. The summed E-state index contributed by atoms with van der Waals surface area (Å²) in [5.41, 5.74) is 0. The predicted molar refractivity (Wildman–Crippen MR) is 92.3 cm³/mol. The molecule has 2 fully saturated rings. The number of piperidine rings is 1. The van der Waals surface area contributed by atoms with E-state index in [1.54, 1.807) is 17.7 Å². The molecule has 0 bridgehead atoms. The quantitative estimate of drug-likeness (QED) is 0.861. The molecule has 1 atom stereocenters. The van der Waals surface area contributed by atoms with E-state index >= 15 is 0 Å². The van der Waals surface area contributed by atoms with Gasteiger partial charge in [-0.05, 0) is 32.3 Å². The smallest absolute Gasteiger partial charge is 0.140 e. The first-order valence-corrected chi connectivity index (χ1v) is 9.26. The second-order valence-electron chi connectivity index (χ2n) is 6.52. The molecule has 0 N–H and O–H groups in total. The minimum Gasteiger partial charge on any atom is -0.381 e. The number of anilines is 1. The van der Waals surface area contributed by atoms with E-state index < -0.39 is 0 Å². The number of aryl methyl sites for hydroxylation is 1. The molecule has 6 heteroatoms. The summed E-state index contributed by atoms with van der Waals surface area (Å²) in [4.78, 5) is 13.7. The van der Waals surface area contributed by atoms with Crippen LogP contribution in [0.15, 0.2) is 12.4 Å². The molecule has 0 aliphatic carbocycles. The number of aromatic nitrogens is 2. The molecule has 2 aromatic heterocycles. The summed E-state index contributed by atoms with van der Waals surface area (Å²) in [5.74, 6) is 1.69. The fourth-order valence-electron chi connectivity index (χ4n) is 3.44. The van der Waals surface area contributed by atoms with Gasteiger partial charge < -0.3 is 14.4 Å². The van der Waals surface area contributed by atoms with Crippen LogP contribution in [0.1, 0.15) is 24.1 Å². The van der Waals surface area contributed by atoms with Gasteiger partial charge >= 0.3 is 0 Å². The lowest BCUT2D eigenvalue weighted by Crippen LogP contribution is -2.38. The Bertz CT molecular complexity index is 661. The Morgan fingerprint density at radius 3 is 2.96 bits per heavy atom. The van der Waals surface area contributed by atoms with Crippen LogP contribution in [0.25, 0.3) is 10.2 Å². The van der Waals surface area contributed by atoms with E-state index in [1.165, 1.54) is 10.3 Å². The molecule has 0 aromatic carbocycles. The topological polar surface area (TPSA) is 47.5 Å². The Morgan fingerprint density at radius 1 is 1.30 bits per heavy atom. The second kappa shape index (κ2) is 6.71. The molecule has 1 unspecified atom stereocenters. The first-order valence-electron chi connectivity index (χ1n) is 8.45. The first kappa shape index (κ1) is 15.3. The zero-order valence-electron chi connectivity index (χ0n) is 13.5. The average molecular weight is 333 g/mol. The van der Waals surface area contributed by atoms with E-state index in [9.17, 15) is 0 Å². The minimum atomic E-state index is 0.383. The number of nitrogens with zero attached hydrogens (tertiary/aromatic N) is 3. The molecule has 2 saturated heterocycles. The lowest BCUT2D eigenvalue weighted by molar-refractivity contribution is 0.0131. The second-order valence-corrected chi connectivity index (χ2v) is 7.76. The molecular weight excluding hydrogens is 310 g/mol. The van der Waals surface area contributed by atoms with Crippen LogP contribution >= 0.6 is 11.3 Å². The summed E-state index contributed by atoms with van der Waals surface area (Å²) >= 11 is 1.74. The summed E-state index contributed by atoms with van der Waals surface area (Å²) in [6.45, 7) is 6.76. The molecule has 0 saturated carbocycles. The van der Waals surface area contributed by atoms with E-state index in [2.05, 4.69) is 27.9 Å². The third-order valence-electron chi connectivity index (χ3n) is 4.76. The zero-order chi connectivity index (χ0) is 15.6.